The Hall–Kier alpha value is -0.200. The normalized spacial score (nSPS) is 39.1. The van der Waals surface area contributed by atoms with Gasteiger partial charge in [-0.15, -0.1) is 0 Å². The van der Waals surface area contributed by atoms with Gasteiger partial charge < -0.3 is 25.2 Å². The molecule has 0 aromatic rings. The SMILES string of the molecule is CC(C)C1CCC(C)(CC(O)CO)CC1OC1CC(C)(CC(O)CO)CCC1C(C)C. The lowest BCUT2D eigenvalue weighted by Gasteiger charge is -2.50. The average Bonchev–Trinajstić information content (AvgIpc) is 2.66. The topological polar surface area (TPSA) is 90.2 Å². The molecule has 0 aliphatic heterocycles. The lowest BCUT2D eigenvalue weighted by molar-refractivity contribution is -0.152. The van der Waals surface area contributed by atoms with Gasteiger partial charge in [-0.2, -0.15) is 0 Å². The van der Waals surface area contributed by atoms with Crippen molar-refractivity contribution >= 4 is 0 Å². The van der Waals surface area contributed by atoms with Crippen LogP contribution in [-0.2, 0) is 4.74 Å². The van der Waals surface area contributed by atoms with Gasteiger partial charge in [0.15, 0.2) is 0 Å². The Morgan fingerprint density at radius 2 is 1.10 bits per heavy atom. The second kappa shape index (κ2) is 11.3. The molecule has 184 valence electrons. The molecule has 2 rings (SSSR count). The lowest BCUT2D eigenvalue weighted by atomic mass is 9.64. The third kappa shape index (κ3) is 7.40. The predicted molar refractivity (Wildman–Crippen MR) is 125 cm³/mol. The van der Waals surface area contributed by atoms with Gasteiger partial charge in [-0.25, -0.2) is 0 Å². The molecule has 0 aromatic carbocycles. The Bertz CT molecular complexity index is 492. The van der Waals surface area contributed by atoms with Crippen molar-refractivity contribution in [3.8, 4) is 0 Å². The average molecular weight is 443 g/mol. The summed E-state index contributed by atoms with van der Waals surface area (Å²) in [5, 5.41) is 39.0. The maximum absolute atomic E-state index is 10.1. The van der Waals surface area contributed by atoms with Crippen LogP contribution in [0.3, 0.4) is 0 Å². The first-order valence-electron chi connectivity index (χ1n) is 12.7. The van der Waals surface area contributed by atoms with E-state index in [-0.39, 0.29) is 36.3 Å². The number of aliphatic hydroxyl groups is 4. The van der Waals surface area contributed by atoms with Crippen molar-refractivity contribution in [1.82, 2.24) is 0 Å². The van der Waals surface area contributed by atoms with Gasteiger partial charge in [-0.05, 0) is 85.9 Å². The van der Waals surface area contributed by atoms with Gasteiger partial charge in [0.2, 0.25) is 0 Å². The highest BCUT2D eigenvalue weighted by Crippen LogP contribution is 2.50. The molecule has 0 saturated heterocycles. The molecule has 8 unspecified atom stereocenters. The summed E-state index contributed by atoms with van der Waals surface area (Å²) < 4.78 is 7.01. The Morgan fingerprint density at radius 1 is 0.742 bits per heavy atom. The minimum absolute atomic E-state index is 0.0173. The van der Waals surface area contributed by atoms with E-state index in [4.69, 9.17) is 4.74 Å². The maximum Gasteiger partial charge on any atom is 0.0776 e. The largest absolute Gasteiger partial charge is 0.394 e. The van der Waals surface area contributed by atoms with Crippen molar-refractivity contribution in [1.29, 1.82) is 0 Å². The van der Waals surface area contributed by atoms with Gasteiger partial charge in [0.1, 0.15) is 0 Å². The van der Waals surface area contributed by atoms with Crippen molar-refractivity contribution in [2.24, 2.45) is 34.5 Å². The van der Waals surface area contributed by atoms with E-state index in [0.29, 0.717) is 36.5 Å². The highest BCUT2D eigenvalue weighted by molar-refractivity contribution is 4.95. The van der Waals surface area contributed by atoms with Crippen molar-refractivity contribution in [2.75, 3.05) is 13.2 Å². The van der Waals surface area contributed by atoms with E-state index in [1.165, 1.54) is 0 Å². The number of hydrogen-bond acceptors (Lipinski definition) is 5. The molecule has 4 N–H and O–H groups in total. The molecule has 5 nitrogen and oxygen atoms in total. The molecule has 0 spiro atoms. The second-order valence-corrected chi connectivity index (χ2v) is 12.2. The van der Waals surface area contributed by atoms with Crippen LogP contribution in [0.15, 0.2) is 0 Å². The summed E-state index contributed by atoms with van der Waals surface area (Å²) in [5.41, 5.74) is -0.0346. The molecule has 2 saturated carbocycles. The highest BCUT2D eigenvalue weighted by Gasteiger charge is 2.45. The van der Waals surface area contributed by atoms with Crippen molar-refractivity contribution in [2.45, 2.75) is 117 Å². The van der Waals surface area contributed by atoms with E-state index in [9.17, 15) is 20.4 Å². The van der Waals surface area contributed by atoms with Crippen LogP contribution in [0.5, 0.6) is 0 Å². The molecule has 5 heteroatoms. The molecule has 2 fully saturated rings. The van der Waals surface area contributed by atoms with E-state index < -0.39 is 12.2 Å². The fraction of sp³-hybridized carbons (Fsp3) is 1.00. The zero-order valence-corrected chi connectivity index (χ0v) is 20.9. The van der Waals surface area contributed by atoms with Gasteiger partial charge in [0.05, 0.1) is 37.6 Å². The molecule has 2 aliphatic carbocycles. The summed E-state index contributed by atoms with van der Waals surface area (Å²) in [7, 11) is 0. The van der Waals surface area contributed by atoms with Gasteiger partial charge in [-0.1, -0.05) is 41.5 Å². The summed E-state index contributed by atoms with van der Waals surface area (Å²) in [6.07, 6.45) is 6.37. The maximum atomic E-state index is 10.1. The molecule has 0 aromatic heterocycles. The zero-order valence-electron chi connectivity index (χ0n) is 20.9. The van der Waals surface area contributed by atoms with Crippen molar-refractivity contribution in [3.63, 3.8) is 0 Å². The minimum Gasteiger partial charge on any atom is -0.394 e. The highest BCUT2D eigenvalue weighted by atomic mass is 16.5. The zero-order chi connectivity index (χ0) is 23.4. The second-order valence-electron chi connectivity index (χ2n) is 12.2. The first-order chi connectivity index (χ1) is 14.4. The molecule has 0 bridgehead atoms. The fourth-order valence-corrected chi connectivity index (χ4v) is 6.57. The minimum atomic E-state index is -0.664. The van der Waals surface area contributed by atoms with Gasteiger partial charge in [0.25, 0.3) is 0 Å². The van der Waals surface area contributed by atoms with E-state index in [1.807, 2.05) is 0 Å². The fourth-order valence-electron chi connectivity index (χ4n) is 6.57. The molecular weight excluding hydrogens is 392 g/mol. The van der Waals surface area contributed by atoms with Gasteiger partial charge in [-0.3, -0.25) is 0 Å². The molecule has 0 heterocycles. The van der Waals surface area contributed by atoms with Crippen LogP contribution >= 0.6 is 0 Å². The third-order valence-electron chi connectivity index (χ3n) is 8.45. The predicted octanol–water partition coefficient (Wildman–Crippen LogP) is 4.15. The summed E-state index contributed by atoms with van der Waals surface area (Å²) >= 11 is 0. The quantitative estimate of drug-likeness (QED) is 0.408. The summed E-state index contributed by atoms with van der Waals surface area (Å²) in [4.78, 5) is 0. The van der Waals surface area contributed by atoms with Crippen LogP contribution in [0.25, 0.3) is 0 Å². The summed E-state index contributed by atoms with van der Waals surface area (Å²) in [5.74, 6) is 2.09. The van der Waals surface area contributed by atoms with Crippen LogP contribution in [-0.4, -0.2) is 58.1 Å². The van der Waals surface area contributed by atoms with Crippen LogP contribution in [0.4, 0.5) is 0 Å². The molecular formula is C26H50O5. The first-order valence-corrected chi connectivity index (χ1v) is 12.7. The molecule has 8 atom stereocenters. The van der Waals surface area contributed by atoms with Crippen LogP contribution in [0.2, 0.25) is 0 Å². The standard InChI is InChI=1S/C26H50O5/c1-17(2)21-7-9-25(5,11-19(29)15-27)13-23(21)31-24-14-26(6,12-20(30)16-28)10-8-22(24)18(3)4/h17-24,27-30H,7-16H2,1-6H3. The van der Waals surface area contributed by atoms with Gasteiger partial charge in [0, 0.05) is 0 Å². The summed E-state index contributed by atoms with van der Waals surface area (Å²) in [6, 6.07) is 0. The van der Waals surface area contributed by atoms with Gasteiger partial charge >= 0.3 is 0 Å². The van der Waals surface area contributed by atoms with E-state index in [2.05, 4.69) is 41.5 Å². The lowest BCUT2D eigenvalue weighted by Crippen LogP contribution is -2.47. The van der Waals surface area contributed by atoms with Crippen LogP contribution in [0.1, 0.15) is 92.9 Å². The first kappa shape index (κ1) is 27.0. The monoisotopic (exact) mass is 442 g/mol. The smallest absolute Gasteiger partial charge is 0.0776 e. The molecule has 31 heavy (non-hydrogen) atoms. The van der Waals surface area contributed by atoms with Crippen LogP contribution in [0, 0.1) is 34.5 Å². The Kier molecular flexibility index (Phi) is 9.85. The third-order valence-corrected chi connectivity index (χ3v) is 8.45. The summed E-state index contributed by atoms with van der Waals surface area (Å²) in [6.45, 7) is 13.3. The molecule has 2 aliphatic rings. The van der Waals surface area contributed by atoms with Crippen LogP contribution < -0.4 is 0 Å². The van der Waals surface area contributed by atoms with E-state index in [1.54, 1.807) is 0 Å². The number of aliphatic hydroxyl groups excluding tert-OH is 4. The number of hydrogen-bond donors (Lipinski definition) is 4. The van der Waals surface area contributed by atoms with Crippen molar-refractivity contribution < 1.29 is 25.2 Å². The Balaban J connectivity index is 2.20. The molecule has 0 amide bonds. The molecule has 0 radical (unpaired) electrons. The number of ether oxygens (including phenoxy) is 1. The van der Waals surface area contributed by atoms with E-state index >= 15 is 0 Å². The number of rotatable bonds is 10. The van der Waals surface area contributed by atoms with E-state index in [0.717, 1.165) is 38.5 Å². The van der Waals surface area contributed by atoms with Crippen molar-refractivity contribution in [3.05, 3.63) is 0 Å². The Labute approximate surface area is 190 Å². The Morgan fingerprint density at radius 3 is 1.39 bits per heavy atom.